The van der Waals surface area contributed by atoms with Gasteiger partial charge in [0, 0.05) is 35.4 Å². The predicted molar refractivity (Wildman–Crippen MR) is 127 cm³/mol. The molecule has 6 nitrogen and oxygen atoms in total. The van der Waals surface area contributed by atoms with Crippen LogP contribution in [0.1, 0.15) is 24.8 Å². The SMILES string of the molecule is O=C(N[C@@]1(C(F)(F)F)Oc2ccc(Cl)cc2O1)C1=C(N2CCOCC2)/C(=C\c2ccccc2)CCC1. The zero-order valence-electron chi connectivity index (χ0n) is 19.2. The van der Waals surface area contributed by atoms with E-state index in [0.717, 1.165) is 11.1 Å². The first kappa shape index (κ1) is 24.5. The van der Waals surface area contributed by atoms with E-state index in [2.05, 4.69) is 0 Å². The summed E-state index contributed by atoms with van der Waals surface area (Å²) in [4.78, 5) is 15.5. The third-order valence-electron chi connectivity index (χ3n) is 6.27. The Morgan fingerprint density at radius 3 is 2.47 bits per heavy atom. The number of fused-ring (bicyclic) bond motifs is 1. The minimum Gasteiger partial charge on any atom is -0.424 e. The molecule has 2 aromatic rings. The van der Waals surface area contributed by atoms with Crippen LogP contribution < -0.4 is 14.8 Å². The molecule has 0 unspecified atom stereocenters. The molecule has 1 aliphatic carbocycles. The molecule has 1 N–H and O–H groups in total. The van der Waals surface area contributed by atoms with Gasteiger partial charge in [0.05, 0.1) is 13.2 Å². The topological polar surface area (TPSA) is 60.0 Å². The molecule has 190 valence electrons. The van der Waals surface area contributed by atoms with Crippen LogP contribution in [-0.2, 0) is 9.53 Å². The van der Waals surface area contributed by atoms with Gasteiger partial charge in [-0.3, -0.25) is 10.1 Å². The second kappa shape index (κ2) is 9.71. The number of ether oxygens (including phenoxy) is 3. The first-order valence-electron chi connectivity index (χ1n) is 11.6. The van der Waals surface area contributed by atoms with Crippen LogP contribution in [0.3, 0.4) is 0 Å². The highest BCUT2D eigenvalue weighted by atomic mass is 35.5. The molecule has 1 saturated heterocycles. The van der Waals surface area contributed by atoms with Crippen molar-refractivity contribution in [1.29, 1.82) is 0 Å². The zero-order chi connectivity index (χ0) is 25.3. The molecule has 0 bridgehead atoms. The summed E-state index contributed by atoms with van der Waals surface area (Å²) in [6.07, 6.45) is -1.45. The van der Waals surface area contributed by atoms with E-state index in [9.17, 15) is 18.0 Å². The van der Waals surface area contributed by atoms with Crippen molar-refractivity contribution >= 4 is 23.6 Å². The Kier molecular flexibility index (Phi) is 6.61. The normalized spacial score (nSPS) is 23.2. The molecule has 1 atom stereocenters. The molecule has 1 amide bonds. The molecule has 3 aliphatic rings. The van der Waals surface area contributed by atoms with Crippen LogP contribution in [0.2, 0.25) is 5.02 Å². The highest BCUT2D eigenvalue weighted by Gasteiger charge is 2.66. The largest absolute Gasteiger partial charge is 0.492 e. The minimum absolute atomic E-state index is 0.160. The van der Waals surface area contributed by atoms with Gasteiger partial charge in [0.2, 0.25) is 0 Å². The summed E-state index contributed by atoms with van der Waals surface area (Å²) in [5.74, 6) is -4.61. The summed E-state index contributed by atoms with van der Waals surface area (Å²) < 4.78 is 58.6. The highest BCUT2D eigenvalue weighted by Crippen LogP contribution is 2.46. The van der Waals surface area contributed by atoms with Crippen LogP contribution in [0.4, 0.5) is 13.2 Å². The number of carbonyl (C=O) groups excluding carboxylic acids is 1. The smallest absolute Gasteiger partial charge is 0.424 e. The lowest BCUT2D eigenvalue weighted by Gasteiger charge is -2.37. The number of nitrogens with one attached hydrogen (secondary N) is 1. The Morgan fingerprint density at radius 1 is 1.03 bits per heavy atom. The van der Waals surface area contributed by atoms with Crippen LogP contribution in [0.15, 0.2) is 65.4 Å². The summed E-state index contributed by atoms with van der Waals surface area (Å²) in [6.45, 7) is 1.98. The van der Waals surface area contributed by atoms with E-state index < -0.39 is 18.0 Å². The molecule has 10 heteroatoms. The fourth-order valence-corrected chi connectivity index (χ4v) is 4.78. The van der Waals surface area contributed by atoms with Crippen molar-refractivity contribution in [1.82, 2.24) is 10.2 Å². The van der Waals surface area contributed by atoms with Crippen LogP contribution in [0.5, 0.6) is 11.5 Å². The number of rotatable bonds is 4. The molecule has 2 aliphatic heterocycles. The van der Waals surface area contributed by atoms with Gasteiger partial charge in [-0.15, -0.1) is 0 Å². The Bertz CT molecular complexity index is 1210. The number of morpholine rings is 1. The van der Waals surface area contributed by atoms with Gasteiger partial charge in [-0.2, -0.15) is 13.2 Å². The summed E-state index contributed by atoms with van der Waals surface area (Å²) in [7, 11) is 0. The molecule has 1 fully saturated rings. The summed E-state index contributed by atoms with van der Waals surface area (Å²) in [5, 5.41) is 2.21. The molecule has 2 heterocycles. The Balaban J connectivity index is 1.53. The van der Waals surface area contributed by atoms with Crippen LogP contribution in [-0.4, -0.2) is 49.2 Å². The summed E-state index contributed by atoms with van der Waals surface area (Å²) in [5.41, 5.74) is 2.74. The predicted octanol–water partition coefficient (Wildman–Crippen LogP) is 5.30. The van der Waals surface area contributed by atoms with Crippen molar-refractivity contribution < 1.29 is 32.2 Å². The number of benzene rings is 2. The first-order valence-corrected chi connectivity index (χ1v) is 12.0. The van der Waals surface area contributed by atoms with Crippen LogP contribution in [0.25, 0.3) is 6.08 Å². The van der Waals surface area contributed by atoms with Gasteiger partial charge in [-0.25, -0.2) is 0 Å². The molecule has 0 spiro atoms. The van der Waals surface area contributed by atoms with E-state index in [1.807, 2.05) is 46.6 Å². The molecule has 0 saturated carbocycles. The third-order valence-corrected chi connectivity index (χ3v) is 6.50. The Hall–Kier alpha value is -3.17. The third kappa shape index (κ3) is 4.77. The summed E-state index contributed by atoms with van der Waals surface area (Å²) >= 11 is 5.91. The van der Waals surface area contributed by atoms with E-state index in [-0.39, 0.29) is 22.1 Å². The number of amides is 1. The van der Waals surface area contributed by atoms with Crippen LogP contribution >= 0.6 is 11.6 Å². The standard InChI is InChI=1S/C26H24ClF3N2O4/c27-19-9-10-21-22(16-19)36-26(35-21,25(28,29)30)31-24(33)20-8-4-7-18(15-17-5-2-1-3-6-17)23(20)32-11-13-34-14-12-32/h1-3,5-6,9-10,15-16H,4,7-8,11-14H2,(H,31,33)/b18-15-/t26-/m0/s1. The average molecular weight is 521 g/mol. The summed E-state index contributed by atoms with van der Waals surface area (Å²) in [6, 6.07) is 13.5. The quantitative estimate of drug-likeness (QED) is 0.593. The number of allylic oxidation sites excluding steroid dienone is 1. The number of alkyl halides is 3. The molecule has 0 radical (unpaired) electrons. The van der Waals surface area contributed by atoms with E-state index in [4.69, 9.17) is 25.8 Å². The van der Waals surface area contributed by atoms with Gasteiger partial charge in [-0.1, -0.05) is 41.9 Å². The molecule has 2 aromatic carbocycles. The molecule has 36 heavy (non-hydrogen) atoms. The first-order chi connectivity index (χ1) is 17.3. The lowest BCUT2D eigenvalue weighted by molar-refractivity contribution is -0.319. The Morgan fingerprint density at radius 2 is 1.75 bits per heavy atom. The molecule has 0 aromatic heterocycles. The van der Waals surface area contributed by atoms with E-state index >= 15 is 0 Å². The second-order valence-electron chi connectivity index (χ2n) is 8.72. The fraction of sp³-hybridized carbons (Fsp3) is 0.346. The minimum atomic E-state index is -5.06. The van der Waals surface area contributed by atoms with E-state index in [1.165, 1.54) is 18.2 Å². The van der Waals surface area contributed by atoms with Crippen molar-refractivity contribution in [3.63, 3.8) is 0 Å². The van der Waals surface area contributed by atoms with Gasteiger partial charge in [-0.05, 0) is 48.6 Å². The van der Waals surface area contributed by atoms with Crippen molar-refractivity contribution in [3.05, 3.63) is 76.0 Å². The Labute approximate surface area is 211 Å². The number of hydrogen-bond donors (Lipinski definition) is 1. The van der Waals surface area contributed by atoms with Gasteiger partial charge in [0.1, 0.15) is 0 Å². The second-order valence-corrected chi connectivity index (χ2v) is 9.16. The zero-order valence-corrected chi connectivity index (χ0v) is 20.0. The molecule has 5 rings (SSSR count). The number of nitrogens with zero attached hydrogens (tertiary/aromatic N) is 1. The maximum atomic E-state index is 14.3. The average Bonchev–Trinajstić information content (AvgIpc) is 3.23. The van der Waals surface area contributed by atoms with Gasteiger partial charge in [0.25, 0.3) is 5.91 Å². The van der Waals surface area contributed by atoms with Crippen molar-refractivity contribution in [2.45, 2.75) is 31.3 Å². The van der Waals surface area contributed by atoms with Crippen LogP contribution in [0, 0.1) is 0 Å². The van der Waals surface area contributed by atoms with E-state index in [1.54, 1.807) is 0 Å². The van der Waals surface area contributed by atoms with Crippen molar-refractivity contribution in [3.8, 4) is 11.5 Å². The maximum Gasteiger partial charge on any atom is 0.492 e. The van der Waals surface area contributed by atoms with Crippen molar-refractivity contribution in [2.75, 3.05) is 26.3 Å². The van der Waals surface area contributed by atoms with E-state index in [0.29, 0.717) is 51.3 Å². The molecular formula is C26H24ClF3N2O4. The van der Waals surface area contributed by atoms with Gasteiger partial charge < -0.3 is 19.1 Å². The molecular weight excluding hydrogens is 497 g/mol. The highest BCUT2D eigenvalue weighted by molar-refractivity contribution is 6.30. The number of carbonyl (C=O) groups is 1. The fourth-order valence-electron chi connectivity index (χ4n) is 4.62. The maximum absolute atomic E-state index is 14.3. The number of hydrogen-bond acceptors (Lipinski definition) is 5. The number of halogens is 4. The van der Waals surface area contributed by atoms with Gasteiger partial charge in [0.15, 0.2) is 11.5 Å². The van der Waals surface area contributed by atoms with Crippen molar-refractivity contribution in [2.24, 2.45) is 0 Å². The monoisotopic (exact) mass is 520 g/mol. The lowest BCUT2D eigenvalue weighted by Crippen LogP contribution is -2.65. The lowest BCUT2D eigenvalue weighted by atomic mass is 9.88. The van der Waals surface area contributed by atoms with Gasteiger partial charge >= 0.3 is 12.1 Å².